The van der Waals surface area contributed by atoms with Gasteiger partial charge in [0.15, 0.2) is 0 Å². The molecule has 1 aromatic heterocycles. The van der Waals surface area contributed by atoms with Crippen molar-refractivity contribution >= 4 is 5.69 Å². The first kappa shape index (κ1) is 14.5. The predicted molar refractivity (Wildman–Crippen MR) is 68.0 cm³/mol. The van der Waals surface area contributed by atoms with Crippen LogP contribution in [0.1, 0.15) is 6.42 Å². The number of nitrogens with two attached hydrogens (primary N) is 1. The van der Waals surface area contributed by atoms with Gasteiger partial charge in [-0.2, -0.15) is 4.98 Å². The maximum absolute atomic E-state index is 5.64. The lowest BCUT2D eigenvalue weighted by Gasteiger charge is -2.08. The third-order valence-corrected chi connectivity index (χ3v) is 2.17. The van der Waals surface area contributed by atoms with Gasteiger partial charge in [-0.1, -0.05) is 0 Å². The van der Waals surface area contributed by atoms with Crippen molar-refractivity contribution in [1.29, 1.82) is 0 Å². The summed E-state index contributed by atoms with van der Waals surface area (Å²) in [4.78, 5) is 4.09. The van der Waals surface area contributed by atoms with Crippen LogP contribution in [-0.2, 0) is 9.47 Å². The Morgan fingerprint density at radius 3 is 2.67 bits per heavy atom. The summed E-state index contributed by atoms with van der Waals surface area (Å²) in [6, 6.07) is 3.39. The largest absolute Gasteiger partial charge is 0.479 e. The number of methoxy groups -OCH3 is 2. The van der Waals surface area contributed by atoms with Crippen LogP contribution in [0.4, 0.5) is 5.69 Å². The quantitative estimate of drug-likeness (QED) is 0.667. The van der Waals surface area contributed by atoms with Crippen molar-refractivity contribution in [3.05, 3.63) is 12.1 Å². The minimum atomic E-state index is 0.369. The van der Waals surface area contributed by atoms with Crippen LogP contribution < -0.4 is 15.2 Å². The molecule has 0 unspecified atom stereocenters. The normalized spacial score (nSPS) is 10.3. The highest BCUT2D eigenvalue weighted by Crippen LogP contribution is 2.21. The molecule has 0 aliphatic rings. The Labute approximate surface area is 107 Å². The van der Waals surface area contributed by atoms with E-state index >= 15 is 0 Å². The summed E-state index contributed by atoms with van der Waals surface area (Å²) in [6.45, 7) is 2.32. The standard InChI is InChI=1S/C12H20N2O4/c1-15-6-3-7-17-8-9-18-11-5-4-10(13)12(14-11)16-2/h4-5H,3,6-9,13H2,1-2H3. The van der Waals surface area contributed by atoms with Crippen LogP contribution in [0.2, 0.25) is 0 Å². The van der Waals surface area contributed by atoms with Crippen molar-refractivity contribution in [1.82, 2.24) is 4.98 Å². The number of hydrogen-bond acceptors (Lipinski definition) is 6. The molecule has 0 bridgehead atoms. The maximum atomic E-state index is 5.64. The third kappa shape index (κ3) is 5.20. The summed E-state index contributed by atoms with van der Waals surface area (Å²) < 4.78 is 20.7. The molecule has 1 heterocycles. The number of anilines is 1. The molecule has 18 heavy (non-hydrogen) atoms. The van der Waals surface area contributed by atoms with Gasteiger partial charge in [0.05, 0.1) is 19.4 Å². The molecule has 0 amide bonds. The van der Waals surface area contributed by atoms with Gasteiger partial charge in [0, 0.05) is 26.4 Å². The summed E-state index contributed by atoms with van der Waals surface area (Å²) in [5, 5.41) is 0. The molecule has 6 heteroatoms. The average molecular weight is 256 g/mol. The molecule has 2 N–H and O–H groups in total. The van der Waals surface area contributed by atoms with Gasteiger partial charge in [-0.25, -0.2) is 0 Å². The Balaban J connectivity index is 2.19. The fraction of sp³-hybridized carbons (Fsp3) is 0.583. The number of nitrogens with zero attached hydrogens (tertiary/aromatic N) is 1. The monoisotopic (exact) mass is 256 g/mol. The molecule has 0 aliphatic heterocycles. The predicted octanol–water partition coefficient (Wildman–Crippen LogP) is 1.10. The average Bonchev–Trinajstić information content (AvgIpc) is 2.39. The van der Waals surface area contributed by atoms with Crippen molar-refractivity contribution in [2.45, 2.75) is 6.42 Å². The highest BCUT2D eigenvalue weighted by Gasteiger charge is 2.03. The molecule has 0 saturated carbocycles. The van der Waals surface area contributed by atoms with Crippen molar-refractivity contribution < 1.29 is 18.9 Å². The van der Waals surface area contributed by atoms with E-state index in [4.69, 9.17) is 24.7 Å². The molecule has 0 saturated heterocycles. The van der Waals surface area contributed by atoms with E-state index in [0.29, 0.717) is 43.9 Å². The summed E-state index contributed by atoms with van der Waals surface area (Å²) in [5.41, 5.74) is 6.13. The topological polar surface area (TPSA) is 75.8 Å². The van der Waals surface area contributed by atoms with E-state index in [0.717, 1.165) is 6.42 Å². The van der Waals surface area contributed by atoms with Crippen LogP contribution in [-0.4, -0.2) is 45.6 Å². The summed E-state index contributed by atoms with van der Waals surface area (Å²) in [7, 11) is 3.19. The minimum Gasteiger partial charge on any atom is -0.479 e. The molecule has 0 atom stereocenters. The van der Waals surface area contributed by atoms with Crippen molar-refractivity contribution in [2.75, 3.05) is 46.4 Å². The number of rotatable bonds is 9. The van der Waals surface area contributed by atoms with E-state index in [1.807, 2.05) is 0 Å². The molecule has 102 valence electrons. The number of ether oxygens (including phenoxy) is 4. The smallest absolute Gasteiger partial charge is 0.240 e. The Morgan fingerprint density at radius 1 is 1.11 bits per heavy atom. The third-order valence-electron chi connectivity index (χ3n) is 2.17. The number of aromatic nitrogens is 1. The second-order valence-electron chi connectivity index (χ2n) is 3.56. The SMILES string of the molecule is COCCCOCCOc1ccc(N)c(OC)n1. The zero-order valence-corrected chi connectivity index (χ0v) is 10.8. The Kier molecular flexibility index (Phi) is 6.90. The summed E-state index contributed by atoms with van der Waals surface area (Å²) in [6.07, 6.45) is 0.879. The summed E-state index contributed by atoms with van der Waals surface area (Å²) in [5.74, 6) is 0.843. The molecule has 0 radical (unpaired) electrons. The Bertz CT molecular complexity index is 347. The molecule has 1 rings (SSSR count). The zero-order chi connectivity index (χ0) is 13.2. The highest BCUT2D eigenvalue weighted by molar-refractivity contribution is 5.49. The van der Waals surface area contributed by atoms with Gasteiger partial charge >= 0.3 is 0 Å². The minimum absolute atomic E-state index is 0.369. The number of pyridine rings is 1. The first-order valence-corrected chi connectivity index (χ1v) is 5.78. The maximum Gasteiger partial charge on any atom is 0.240 e. The van der Waals surface area contributed by atoms with Gasteiger partial charge in [0.1, 0.15) is 6.61 Å². The number of hydrogen-bond donors (Lipinski definition) is 1. The van der Waals surface area contributed by atoms with Gasteiger partial charge in [-0.3, -0.25) is 0 Å². The molecule has 0 fully saturated rings. The van der Waals surface area contributed by atoms with Gasteiger partial charge in [0.2, 0.25) is 11.8 Å². The van der Waals surface area contributed by atoms with Crippen LogP contribution in [0, 0.1) is 0 Å². The van der Waals surface area contributed by atoms with E-state index in [2.05, 4.69) is 4.98 Å². The van der Waals surface area contributed by atoms with Crippen molar-refractivity contribution in [3.8, 4) is 11.8 Å². The molecule has 0 spiro atoms. The molecule has 6 nitrogen and oxygen atoms in total. The number of nitrogen functional groups attached to an aromatic ring is 1. The fourth-order valence-electron chi connectivity index (χ4n) is 1.29. The lowest BCUT2D eigenvalue weighted by molar-refractivity contribution is 0.0794. The molecule has 0 aliphatic carbocycles. The van der Waals surface area contributed by atoms with Crippen LogP contribution in [0.5, 0.6) is 11.8 Å². The van der Waals surface area contributed by atoms with Crippen molar-refractivity contribution in [2.24, 2.45) is 0 Å². The first-order chi connectivity index (χ1) is 8.77. The van der Waals surface area contributed by atoms with Gasteiger partial charge in [-0.05, 0) is 12.5 Å². The van der Waals surface area contributed by atoms with E-state index in [9.17, 15) is 0 Å². The van der Waals surface area contributed by atoms with E-state index < -0.39 is 0 Å². The lowest BCUT2D eigenvalue weighted by Crippen LogP contribution is -2.09. The molecule has 0 aromatic carbocycles. The Hall–Kier alpha value is -1.53. The van der Waals surface area contributed by atoms with Gasteiger partial charge < -0.3 is 24.7 Å². The lowest BCUT2D eigenvalue weighted by atomic mass is 10.4. The Morgan fingerprint density at radius 2 is 1.94 bits per heavy atom. The second-order valence-corrected chi connectivity index (χ2v) is 3.56. The second kappa shape index (κ2) is 8.54. The van der Waals surface area contributed by atoms with E-state index in [-0.39, 0.29) is 0 Å². The van der Waals surface area contributed by atoms with E-state index in [1.54, 1.807) is 19.2 Å². The molecular weight excluding hydrogens is 236 g/mol. The zero-order valence-electron chi connectivity index (χ0n) is 10.8. The van der Waals surface area contributed by atoms with Gasteiger partial charge in [-0.15, -0.1) is 0 Å². The van der Waals surface area contributed by atoms with Crippen molar-refractivity contribution in [3.63, 3.8) is 0 Å². The van der Waals surface area contributed by atoms with Crippen LogP contribution in [0.3, 0.4) is 0 Å². The summed E-state index contributed by atoms with van der Waals surface area (Å²) >= 11 is 0. The molecule has 1 aromatic rings. The fourth-order valence-corrected chi connectivity index (χ4v) is 1.29. The van der Waals surface area contributed by atoms with E-state index in [1.165, 1.54) is 7.11 Å². The van der Waals surface area contributed by atoms with Crippen LogP contribution in [0.25, 0.3) is 0 Å². The van der Waals surface area contributed by atoms with Gasteiger partial charge in [0.25, 0.3) is 0 Å². The molecular formula is C12H20N2O4. The first-order valence-electron chi connectivity index (χ1n) is 5.78. The highest BCUT2D eigenvalue weighted by atomic mass is 16.5. The van der Waals surface area contributed by atoms with Crippen LogP contribution in [0.15, 0.2) is 12.1 Å². The van der Waals surface area contributed by atoms with Crippen LogP contribution >= 0.6 is 0 Å².